The lowest BCUT2D eigenvalue weighted by Gasteiger charge is -2.49. The standard InChI is InChI=1S/C37H63N3O9/c1-10-27-37(7)29(39-34(44)49-37)22(3)12-11-21(2)18-36(6)31(23(4)30(42)35(5,15-16-45-36)33(43)47-27)48-32-28(41)26(40(8)9)17-25(46-32)20-38-19-24-13-14-24/h21-29,31-32,38,41H,10-20H2,1-9H3,(H,39,44)/t21-,22-,23-,25-,26-,27+,28+,29+,31+,32-,35-,36-,37+/m0/s1. The highest BCUT2D eigenvalue weighted by Crippen LogP contribution is 2.44. The Balaban J connectivity index is 1.48. The molecule has 1 amide bonds. The Kier molecular flexibility index (Phi) is 11.8. The number of ketones is 1. The van der Waals surface area contributed by atoms with Gasteiger partial charge in [0.05, 0.1) is 23.9 Å². The minimum absolute atomic E-state index is 0.0206. The van der Waals surface area contributed by atoms with Gasteiger partial charge in [0.2, 0.25) is 0 Å². The molecule has 3 N–H and O–H groups in total. The number of Topliss-reactive ketones (excluding diaryl/α,β-unsaturated/α-hetero) is 1. The van der Waals surface area contributed by atoms with Crippen LogP contribution in [-0.4, -0.2) is 116 Å². The largest absolute Gasteiger partial charge is 0.457 e. The number of alkyl carbamates (subject to hydrolysis) is 1. The van der Waals surface area contributed by atoms with E-state index in [2.05, 4.69) is 24.5 Å². The first-order chi connectivity index (χ1) is 23.0. The van der Waals surface area contributed by atoms with Crippen molar-refractivity contribution >= 4 is 17.8 Å². The molecule has 0 aromatic carbocycles. The molecule has 0 radical (unpaired) electrons. The first-order valence-corrected chi connectivity index (χ1v) is 18.8. The highest BCUT2D eigenvalue weighted by Gasteiger charge is 2.58. The number of nitrogens with one attached hydrogen (secondary N) is 2. The minimum Gasteiger partial charge on any atom is -0.457 e. The van der Waals surface area contributed by atoms with Crippen molar-refractivity contribution in [1.82, 2.24) is 15.5 Å². The van der Waals surface area contributed by atoms with Crippen LogP contribution in [0.5, 0.6) is 0 Å². The Morgan fingerprint density at radius 3 is 2.41 bits per heavy atom. The Morgan fingerprint density at radius 2 is 1.76 bits per heavy atom. The van der Waals surface area contributed by atoms with Crippen LogP contribution in [0.4, 0.5) is 4.79 Å². The maximum absolute atomic E-state index is 14.7. The third kappa shape index (κ3) is 7.99. The molecule has 0 unspecified atom stereocenters. The van der Waals surface area contributed by atoms with Crippen LogP contribution in [-0.2, 0) is 33.3 Å². The summed E-state index contributed by atoms with van der Waals surface area (Å²) in [4.78, 5) is 43.5. The lowest BCUT2D eigenvalue weighted by atomic mass is 9.70. The van der Waals surface area contributed by atoms with E-state index in [1.165, 1.54) is 12.8 Å². The normalized spacial score (nSPS) is 45.5. The first-order valence-electron chi connectivity index (χ1n) is 18.8. The van der Waals surface area contributed by atoms with Gasteiger partial charge in [-0.25, -0.2) is 4.79 Å². The molecule has 0 aromatic heterocycles. The molecule has 49 heavy (non-hydrogen) atoms. The predicted molar refractivity (Wildman–Crippen MR) is 183 cm³/mol. The van der Waals surface area contributed by atoms with Gasteiger partial charge in [0, 0.05) is 25.1 Å². The molecule has 6 aliphatic rings. The number of rotatable bonds is 8. The van der Waals surface area contributed by atoms with Gasteiger partial charge in [0.25, 0.3) is 0 Å². The topological polar surface area (TPSA) is 145 Å². The number of carbonyl (C=O) groups excluding carboxylic acids is 3. The lowest BCUT2D eigenvalue weighted by Crippen LogP contribution is -2.62. The summed E-state index contributed by atoms with van der Waals surface area (Å²) >= 11 is 0. The van der Waals surface area contributed by atoms with E-state index in [9.17, 15) is 19.5 Å². The maximum Gasteiger partial charge on any atom is 0.408 e. The van der Waals surface area contributed by atoms with Crippen LogP contribution in [0.25, 0.3) is 0 Å². The monoisotopic (exact) mass is 693 g/mol. The number of aliphatic hydroxyl groups is 1. The van der Waals surface area contributed by atoms with Crippen molar-refractivity contribution < 1.29 is 43.2 Å². The van der Waals surface area contributed by atoms with Gasteiger partial charge in [-0.05, 0) is 104 Å². The summed E-state index contributed by atoms with van der Waals surface area (Å²) in [6.07, 6.45) is 1.60. The van der Waals surface area contributed by atoms with Crippen molar-refractivity contribution in [3.8, 4) is 0 Å². The van der Waals surface area contributed by atoms with Crippen molar-refractivity contribution in [2.24, 2.45) is 29.1 Å². The predicted octanol–water partition coefficient (Wildman–Crippen LogP) is 3.81. The summed E-state index contributed by atoms with van der Waals surface area (Å²) in [6, 6.07) is -0.587. The number of hydrogen-bond donors (Lipinski definition) is 3. The highest BCUT2D eigenvalue weighted by atomic mass is 16.7. The van der Waals surface area contributed by atoms with Gasteiger partial charge in [0.1, 0.15) is 17.6 Å². The molecule has 0 spiro atoms. The number of hydrogen-bond acceptors (Lipinski definition) is 11. The fourth-order valence-corrected chi connectivity index (χ4v) is 9.00. The van der Waals surface area contributed by atoms with Crippen molar-refractivity contribution in [2.45, 2.75) is 154 Å². The van der Waals surface area contributed by atoms with Gasteiger partial charge in [-0.2, -0.15) is 0 Å². The van der Waals surface area contributed by atoms with Gasteiger partial charge in [-0.1, -0.05) is 34.1 Å². The third-order valence-electron chi connectivity index (χ3n) is 12.3. The molecule has 5 saturated heterocycles. The first kappa shape index (κ1) is 38.4. The number of aliphatic hydroxyl groups excluding tert-OH is 1. The average molecular weight is 694 g/mol. The summed E-state index contributed by atoms with van der Waals surface area (Å²) in [7, 11) is 3.89. The molecular weight excluding hydrogens is 630 g/mol. The molecular formula is C37H63N3O9. The molecule has 5 heterocycles. The van der Waals surface area contributed by atoms with E-state index in [0.29, 0.717) is 25.8 Å². The van der Waals surface area contributed by atoms with Crippen LogP contribution >= 0.6 is 0 Å². The number of fused-ring (bicyclic) bond motifs is 10. The number of amides is 1. The second kappa shape index (κ2) is 15.0. The summed E-state index contributed by atoms with van der Waals surface area (Å²) < 4.78 is 32.1. The Morgan fingerprint density at radius 1 is 1.04 bits per heavy atom. The molecule has 6 rings (SSSR count). The van der Waals surface area contributed by atoms with Gasteiger partial charge < -0.3 is 44.3 Å². The highest BCUT2D eigenvalue weighted by molar-refractivity contribution is 6.04. The van der Waals surface area contributed by atoms with Gasteiger partial charge in [0.15, 0.2) is 17.7 Å². The summed E-state index contributed by atoms with van der Waals surface area (Å²) in [5.74, 6) is -0.857. The number of esters is 1. The number of nitrogens with zero attached hydrogens (tertiary/aromatic N) is 1. The van der Waals surface area contributed by atoms with E-state index in [0.717, 1.165) is 25.3 Å². The fraction of sp³-hybridized carbons (Fsp3) is 0.919. The quantitative estimate of drug-likeness (QED) is 0.252. The Bertz CT molecular complexity index is 1200. The number of carbonyl (C=O) groups is 3. The van der Waals surface area contributed by atoms with E-state index in [1.54, 1.807) is 13.8 Å². The van der Waals surface area contributed by atoms with Crippen LogP contribution in [0.15, 0.2) is 0 Å². The van der Waals surface area contributed by atoms with Crippen molar-refractivity contribution in [3.63, 3.8) is 0 Å². The molecule has 280 valence electrons. The van der Waals surface area contributed by atoms with E-state index in [4.69, 9.17) is 23.7 Å². The van der Waals surface area contributed by atoms with E-state index >= 15 is 0 Å². The second-order valence-corrected chi connectivity index (χ2v) is 16.8. The van der Waals surface area contributed by atoms with Crippen molar-refractivity contribution in [1.29, 1.82) is 0 Å². The van der Waals surface area contributed by atoms with E-state index in [1.807, 2.05) is 39.8 Å². The van der Waals surface area contributed by atoms with Crippen LogP contribution in [0.1, 0.15) is 99.8 Å². The molecule has 1 saturated carbocycles. The zero-order valence-corrected chi connectivity index (χ0v) is 31.3. The zero-order valence-electron chi connectivity index (χ0n) is 31.3. The van der Waals surface area contributed by atoms with Crippen LogP contribution in [0.3, 0.4) is 0 Å². The molecule has 1 aliphatic carbocycles. The van der Waals surface area contributed by atoms with Gasteiger partial charge in [-0.3, -0.25) is 9.59 Å². The van der Waals surface area contributed by atoms with E-state index < -0.39 is 59.2 Å². The molecule has 2 bridgehead atoms. The lowest BCUT2D eigenvalue weighted by molar-refractivity contribution is -0.301. The Hall–Kier alpha value is -1.83. The third-order valence-corrected chi connectivity index (χ3v) is 12.3. The maximum atomic E-state index is 14.7. The fourth-order valence-electron chi connectivity index (χ4n) is 9.00. The molecule has 6 fully saturated rings. The SMILES string of the molecule is CC[C@H]1OC(=O)[C@@]2(C)CCO[C@@](C)(C[C@@H](C)CC[C@H](C)[C@H]3NC(=O)O[C@@]31C)[C@H](O[C@@H]1O[C@H](CNCC3CC3)C[C@H](N(C)C)[C@H]1O)[C@@H](C)C2=O. The summed E-state index contributed by atoms with van der Waals surface area (Å²) in [5.41, 5.74) is -3.57. The number of ether oxygens (including phenoxy) is 5. The van der Waals surface area contributed by atoms with Crippen molar-refractivity contribution in [2.75, 3.05) is 33.8 Å². The molecule has 5 aliphatic heterocycles. The molecule has 0 aromatic rings. The summed E-state index contributed by atoms with van der Waals surface area (Å²) in [6.45, 7) is 15.1. The van der Waals surface area contributed by atoms with Crippen LogP contribution < -0.4 is 10.6 Å². The smallest absolute Gasteiger partial charge is 0.408 e. The minimum atomic E-state index is -1.54. The van der Waals surface area contributed by atoms with Crippen molar-refractivity contribution in [3.05, 3.63) is 0 Å². The Labute approximate surface area is 293 Å². The second-order valence-electron chi connectivity index (χ2n) is 16.8. The van der Waals surface area contributed by atoms with Gasteiger partial charge in [-0.15, -0.1) is 0 Å². The molecule has 12 nitrogen and oxygen atoms in total. The van der Waals surface area contributed by atoms with Crippen LogP contribution in [0.2, 0.25) is 0 Å². The van der Waals surface area contributed by atoms with Gasteiger partial charge >= 0.3 is 12.1 Å². The average Bonchev–Trinajstić information content (AvgIpc) is 3.81. The molecule has 13 atom stereocenters. The molecule has 12 heteroatoms. The van der Waals surface area contributed by atoms with E-state index in [-0.39, 0.29) is 48.8 Å². The number of likely N-dealkylation sites (N-methyl/N-ethyl adjacent to an activating group) is 1. The summed E-state index contributed by atoms with van der Waals surface area (Å²) in [5, 5.41) is 18.2. The zero-order chi connectivity index (χ0) is 35.9. The van der Waals surface area contributed by atoms with Crippen LogP contribution in [0, 0.1) is 29.1 Å².